The van der Waals surface area contributed by atoms with E-state index in [4.69, 9.17) is 20.4 Å². The number of hydrogen-bond acceptors (Lipinski definition) is 7. The monoisotopic (exact) mass is 564 g/mol. The van der Waals surface area contributed by atoms with Crippen molar-refractivity contribution in [3.8, 4) is 0 Å². The van der Waals surface area contributed by atoms with Crippen LogP contribution >= 0.6 is 0 Å². The van der Waals surface area contributed by atoms with E-state index in [0.717, 1.165) is 11.1 Å². The largest absolute Gasteiger partial charge is 0.481 e. The van der Waals surface area contributed by atoms with Crippen LogP contribution in [0.5, 0.6) is 0 Å². The molecule has 41 heavy (non-hydrogen) atoms. The summed E-state index contributed by atoms with van der Waals surface area (Å²) in [6.07, 6.45) is 3.57. The summed E-state index contributed by atoms with van der Waals surface area (Å²) >= 11 is 0. The van der Waals surface area contributed by atoms with Gasteiger partial charge >= 0.3 is 23.9 Å². The van der Waals surface area contributed by atoms with Gasteiger partial charge in [0.05, 0.1) is 25.7 Å². The van der Waals surface area contributed by atoms with Gasteiger partial charge in [-0.25, -0.2) is 0 Å². The fourth-order valence-electron chi connectivity index (χ4n) is 4.33. The summed E-state index contributed by atoms with van der Waals surface area (Å²) in [7, 11) is 0. The second-order valence-corrected chi connectivity index (χ2v) is 9.58. The molecule has 2 aromatic rings. The van der Waals surface area contributed by atoms with E-state index < -0.39 is 23.9 Å². The van der Waals surface area contributed by atoms with E-state index in [0.29, 0.717) is 28.9 Å². The topological polar surface area (TPSA) is 173 Å². The Kier molecular flexibility index (Phi) is 10.8. The molecule has 1 aliphatic rings. The van der Waals surface area contributed by atoms with Gasteiger partial charge in [-0.2, -0.15) is 0 Å². The second kappa shape index (κ2) is 14.5. The van der Waals surface area contributed by atoms with Gasteiger partial charge in [0.1, 0.15) is 0 Å². The number of carbonyl (C=O) groups is 5. The zero-order valence-electron chi connectivity index (χ0n) is 22.4. The third-order valence-electron chi connectivity index (χ3n) is 6.54. The molecule has 1 fully saturated rings. The molecule has 0 unspecified atom stereocenters. The second-order valence-electron chi connectivity index (χ2n) is 9.58. The molecule has 216 valence electrons. The standard InChI is InChI=1S/C30H32N2O9/c33-26(34)9-13-31(14-10-27(35)36)24-5-1-20(2-6-24)17-22-19-23(30(22)41)18-21-3-7-25(8-4-21)32(15-11-28(37)38)16-12-29(39)40/h1-8,17-18H,9-16,19H2,(H,33,34)(H,35,36)(H,37,38)(H,39,40)/b22-17-,23-18+. The Labute approximate surface area is 236 Å². The first-order valence-corrected chi connectivity index (χ1v) is 13.0. The van der Waals surface area contributed by atoms with Gasteiger partial charge in [0.2, 0.25) is 0 Å². The lowest BCUT2D eigenvalue weighted by Gasteiger charge is -2.24. The van der Waals surface area contributed by atoms with Crippen molar-refractivity contribution in [3.63, 3.8) is 0 Å². The summed E-state index contributed by atoms with van der Waals surface area (Å²) in [5, 5.41) is 35.9. The van der Waals surface area contributed by atoms with Crippen LogP contribution in [0.4, 0.5) is 11.4 Å². The maximum Gasteiger partial charge on any atom is 0.305 e. The molecule has 0 radical (unpaired) electrons. The van der Waals surface area contributed by atoms with E-state index in [9.17, 15) is 24.0 Å². The molecule has 0 bridgehead atoms. The van der Waals surface area contributed by atoms with E-state index in [-0.39, 0.29) is 57.6 Å². The number of carbonyl (C=O) groups excluding carboxylic acids is 1. The Bertz CT molecular complexity index is 1210. The summed E-state index contributed by atoms with van der Waals surface area (Å²) in [6, 6.07) is 14.3. The quantitative estimate of drug-likeness (QED) is 0.219. The number of carboxylic acids is 4. The number of allylic oxidation sites excluding steroid dienone is 2. The molecule has 1 saturated carbocycles. The fourth-order valence-corrected chi connectivity index (χ4v) is 4.33. The Morgan fingerprint density at radius 3 is 1.10 bits per heavy atom. The molecule has 0 spiro atoms. The van der Waals surface area contributed by atoms with E-state index >= 15 is 0 Å². The first-order chi connectivity index (χ1) is 19.5. The third-order valence-corrected chi connectivity index (χ3v) is 6.54. The molecular weight excluding hydrogens is 532 g/mol. The van der Waals surface area contributed by atoms with Crippen molar-refractivity contribution in [1.82, 2.24) is 0 Å². The predicted molar refractivity (Wildman–Crippen MR) is 152 cm³/mol. The van der Waals surface area contributed by atoms with Crippen LogP contribution in [-0.4, -0.2) is 76.3 Å². The molecule has 0 amide bonds. The van der Waals surface area contributed by atoms with Crippen LogP contribution in [-0.2, 0) is 24.0 Å². The Morgan fingerprint density at radius 1 is 0.561 bits per heavy atom. The number of hydrogen-bond donors (Lipinski definition) is 4. The van der Waals surface area contributed by atoms with Crippen molar-refractivity contribution in [2.24, 2.45) is 0 Å². The van der Waals surface area contributed by atoms with Crippen molar-refractivity contribution in [1.29, 1.82) is 0 Å². The molecular formula is C30H32N2O9. The molecule has 0 aliphatic heterocycles. The van der Waals surface area contributed by atoms with Crippen LogP contribution in [0.25, 0.3) is 12.2 Å². The predicted octanol–water partition coefficient (Wildman–Crippen LogP) is 3.64. The number of nitrogens with zero attached hydrogens (tertiary/aromatic N) is 2. The third kappa shape index (κ3) is 9.64. The van der Waals surface area contributed by atoms with Crippen LogP contribution in [0.15, 0.2) is 59.7 Å². The number of aliphatic carboxylic acids is 4. The van der Waals surface area contributed by atoms with Gasteiger partial charge in [0.25, 0.3) is 0 Å². The highest BCUT2D eigenvalue weighted by Gasteiger charge is 2.27. The molecule has 1 aliphatic carbocycles. The van der Waals surface area contributed by atoms with Crippen molar-refractivity contribution in [3.05, 3.63) is 70.8 Å². The van der Waals surface area contributed by atoms with Gasteiger partial charge in [0.15, 0.2) is 5.78 Å². The summed E-state index contributed by atoms with van der Waals surface area (Å²) in [5.74, 6) is -3.95. The van der Waals surface area contributed by atoms with Crippen LogP contribution in [0.1, 0.15) is 43.2 Å². The lowest BCUT2D eigenvalue weighted by atomic mass is 9.82. The van der Waals surface area contributed by atoms with Crippen molar-refractivity contribution in [2.45, 2.75) is 32.1 Å². The molecule has 0 aromatic heterocycles. The molecule has 3 rings (SSSR count). The van der Waals surface area contributed by atoms with E-state index in [1.807, 2.05) is 0 Å². The first kappa shape index (κ1) is 30.6. The highest BCUT2D eigenvalue weighted by atomic mass is 16.4. The number of Topliss-reactive ketones (excluding diaryl/α,β-unsaturated/α-hetero) is 1. The van der Waals surface area contributed by atoms with Gasteiger partial charge in [-0.05, 0) is 47.5 Å². The number of ketones is 1. The molecule has 0 atom stereocenters. The fraction of sp³-hybridized carbons (Fsp3) is 0.300. The minimum atomic E-state index is -0.969. The van der Waals surface area contributed by atoms with Crippen molar-refractivity contribution < 1.29 is 44.4 Å². The maximum absolute atomic E-state index is 12.7. The number of carboxylic acid groups (broad SMARTS) is 4. The van der Waals surface area contributed by atoms with Crippen molar-refractivity contribution in [2.75, 3.05) is 36.0 Å². The van der Waals surface area contributed by atoms with E-state index in [2.05, 4.69) is 0 Å². The molecule has 11 nitrogen and oxygen atoms in total. The molecule has 2 aromatic carbocycles. The van der Waals surface area contributed by atoms with Crippen LogP contribution in [0, 0.1) is 0 Å². The van der Waals surface area contributed by atoms with Gasteiger partial charge < -0.3 is 30.2 Å². The Hall–Kier alpha value is -4.93. The summed E-state index contributed by atoms with van der Waals surface area (Å²) in [5.41, 5.74) is 4.26. The maximum atomic E-state index is 12.7. The van der Waals surface area contributed by atoms with E-state index in [1.54, 1.807) is 70.5 Å². The van der Waals surface area contributed by atoms with Gasteiger partial charge in [-0.3, -0.25) is 24.0 Å². The van der Waals surface area contributed by atoms with Crippen LogP contribution in [0.2, 0.25) is 0 Å². The SMILES string of the molecule is O=C(O)CCN(CCC(=O)O)c1ccc(/C=C2/C/C(=C\c3ccc(N(CCC(=O)O)CCC(=O)O)cc3)C2=O)cc1. The molecule has 11 heteroatoms. The number of anilines is 2. The zero-order chi connectivity index (χ0) is 29.9. The summed E-state index contributed by atoms with van der Waals surface area (Å²) in [4.78, 5) is 60.0. The minimum absolute atomic E-state index is 0.0766. The zero-order valence-corrected chi connectivity index (χ0v) is 22.4. The Balaban J connectivity index is 1.64. The van der Waals surface area contributed by atoms with Gasteiger partial charge in [-0.1, -0.05) is 24.3 Å². The number of benzene rings is 2. The lowest BCUT2D eigenvalue weighted by molar-refractivity contribution is -0.138. The van der Waals surface area contributed by atoms with E-state index in [1.165, 1.54) is 0 Å². The molecule has 0 heterocycles. The summed E-state index contributed by atoms with van der Waals surface area (Å²) < 4.78 is 0. The van der Waals surface area contributed by atoms with Gasteiger partial charge in [-0.15, -0.1) is 0 Å². The van der Waals surface area contributed by atoms with Gasteiger partial charge in [0, 0.05) is 55.1 Å². The molecule has 4 N–H and O–H groups in total. The smallest absolute Gasteiger partial charge is 0.305 e. The minimum Gasteiger partial charge on any atom is -0.481 e. The average molecular weight is 565 g/mol. The molecule has 0 saturated heterocycles. The number of rotatable bonds is 16. The highest BCUT2D eigenvalue weighted by Crippen LogP contribution is 2.32. The first-order valence-electron chi connectivity index (χ1n) is 13.0. The Morgan fingerprint density at radius 2 is 0.854 bits per heavy atom. The average Bonchev–Trinajstić information content (AvgIpc) is 2.92. The summed E-state index contributed by atoms with van der Waals surface area (Å²) in [6.45, 7) is 0.720. The normalized spacial score (nSPS) is 14.5. The highest BCUT2D eigenvalue weighted by molar-refractivity contribution is 6.20. The van der Waals surface area contributed by atoms with Crippen LogP contribution in [0.3, 0.4) is 0 Å². The van der Waals surface area contributed by atoms with Crippen molar-refractivity contribution >= 4 is 53.2 Å². The lowest BCUT2D eigenvalue weighted by Crippen LogP contribution is -2.28. The van der Waals surface area contributed by atoms with Crippen LogP contribution < -0.4 is 9.80 Å².